The summed E-state index contributed by atoms with van der Waals surface area (Å²) in [7, 11) is -2.43. The van der Waals surface area contributed by atoms with Gasteiger partial charge in [0.2, 0.25) is 5.56 Å². The fourth-order valence-corrected chi connectivity index (χ4v) is 7.82. The third-order valence-electron chi connectivity index (χ3n) is 8.19. The van der Waals surface area contributed by atoms with Gasteiger partial charge in [-0.2, -0.15) is 5.10 Å². The van der Waals surface area contributed by atoms with E-state index < -0.39 is 63.1 Å². The number of fused-ring (bicyclic) bond motifs is 1. The van der Waals surface area contributed by atoms with Crippen LogP contribution >= 0.6 is 11.6 Å². The molecule has 2 fully saturated rings. The molecule has 0 spiro atoms. The molecule has 0 bridgehead atoms. The summed E-state index contributed by atoms with van der Waals surface area (Å²) in [5.41, 5.74) is -0.598. The Hall–Kier alpha value is -3.39. The molecule has 1 saturated heterocycles. The zero-order valence-electron chi connectivity index (χ0n) is 24.2. The lowest BCUT2D eigenvalue weighted by Gasteiger charge is -2.33. The number of nitrogens with zero attached hydrogens (tertiary/aromatic N) is 3. The van der Waals surface area contributed by atoms with E-state index in [4.69, 9.17) is 16.3 Å². The maximum atomic E-state index is 15.1. The molecule has 2 N–H and O–H groups in total. The quantitative estimate of drug-likeness (QED) is 0.312. The van der Waals surface area contributed by atoms with Gasteiger partial charge in [0, 0.05) is 31.9 Å². The normalized spacial score (nSPS) is 20.1. The number of anilines is 1. The maximum Gasteiger partial charge on any atom is 0.306 e. The molecule has 44 heavy (non-hydrogen) atoms. The number of halogens is 2. The minimum atomic E-state index is -4.13. The van der Waals surface area contributed by atoms with Crippen LogP contribution in [0.1, 0.15) is 54.6 Å². The third-order valence-corrected chi connectivity index (χ3v) is 10.2. The Morgan fingerprint density at radius 2 is 1.82 bits per heavy atom. The van der Waals surface area contributed by atoms with E-state index in [0.717, 1.165) is 24.4 Å². The number of hydrogen-bond donors (Lipinski definition) is 2. The second kappa shape index (κ2) is 13.3. The number of carbonyl (C=O) groups excluding carboxylic acids is 2. The number of carboxylic acids is 1. The molecule has 2 heterocycles. The number of benzene rings is 2. The molecule has 1 aromatic heterocycles. The van der Waals surface area contributed by atoms with Gasteiger partial charge >= 0.3 is 5.97 Å². The Balaban J connectivity index is 1.25. The van der Waals surface area contributed by atoms with Crippen molar-refractivity contribution in [3.8, 4) is 0 Å². The van der Waals surface area contributed by atoms with Crippen molar-refractivity contribution in [2.45, 2.75) is 56.6 Å². The molecule has 1 aliphatic heterocycles. The Morgan fingerprint density at radius 1 is 1.14 bits per heavy atom. The predicted octanol–water partition coefficient (Wildman–Crippen LogP) is 4.18. The summed E-state index contributed by atoms with van der Waals surface area (Å²) in [6.45, 7) is 0.989. The first-order chi connectivity index (χ1) is 20.9. The lowest BCUT2D eigenvalue weighted by Crippen LogP contribution is -2.46. The number of carboxylic acid groups (broad SMARTS) is 1. The highest BCUT2D eigenvalue weighted by molar-refractivity contribution is 7.92. The van der Waals surface area contributed by atoms with Gasteiger partial charge in [-0.25, -0.2) is 12.8 Å². The van der Waals surface area contributed by atoms with Crippen molar-refractivity contribution in [1.29, 1.82) is 0 Å². The lowest BCUT2D eigenvalue weighted by atomic mass is 9.87. The molecule has 3 aromatic rings. The van der Waals surface area contributed by atoms with Crippen molar-refractivity contribution in [3.63, 3.8) is 0 Å². The smallest absolute Gasteiger partial charge is 0.306 e. The van der Waals surface area contributed by atoms with Gasteiger partial charge in [-0.1, -0.05) is 29.8 Å². The van der Waals surface area contributed by atoms with E-state index >= 15 is 4.39 Å². The highest BCUT2D eigenvalue weighted by atomic mass is 35.5. The number of aromatic nitrogens is 2. The second-order valence-corrected chi connectivity index (χ2v) is 13.8. The van der Waals surface area contributed by atoms with Gasteiger partial charge in [0.25, 0.3) is 5.91 Å². The topological polar surface area (TPSA) is 148 Å². The molecule has 0 radical (unpaired) electrons. The van der Waals surface area contributed by atoms with Crippen LogP contribution in [0.5, 0.6) is 0 Å². The zero-order valence-corrected chi connectivity index (χ0v) is 25.7. The predicted molar refractivity (Wildman–Crippen MR) is 162 cm³/mol. The molecule has 2 aliphatic rings. The van der Waals surface area contributed by atoms with E-state index in [1.54, 1.807) is 28.8 Å². The minimum absolute atomic E-state index is 0.0205. The molecule has 1 unspecified atom stereocenters. The van der Waals surface area contributed by atoms with Crippen molar-refractivity contribution in [2.75, 3.05) is 24.2 Å². The Bertz CT molecular complexity index is 1680. The van der Waals surface area contributed by atoms with Crippen LogP contribution < -0.4 is 5.32 Å². The Kier molecular flexibility index (Phi) is 9.68. The summed E-state index contributed by atoms with van der Waals surface area (Å²) >= 11 is 6.35. The summed E-state index contributed by atoms with van der Waals surface area (Å²) in [5, 5.41) is 16.7. The summed E-state index contributed by atoms with van der Waals surface area (Å²) in [6, 6.07) is 9.33. The number of ketones is 1. The van der Waals surface area contributed by atoms with E-state index in [0.29, 0.717) is 44.2 Å². The zero-order chi connectivity index (χ0) is 31.6. The number of hydrogen-bond acceptors (Lipinski definition) is 8. The number of Topliss-reactive ketones (excluding diaryl/α,β-unsaturated/α-hetero) is 1. The molecule has 2 aromatic carbocycles. The number of para-hydroxylation sites is 1. The van der Waals surface area contributed by atoms with Crippen molar-refractivity contribution in [3.05, 3.63) is 58.5 Å². The number of aryl methyl sites for hydroxylation is 1. The molecular formula is C30H34ClFN4O7S. The fourth-order valence-electron chi connectivity index (χ4n) is 5.90. The van der Waals surface area contributed by atoms with Gasteiger partial charge in [-0.3, -0.25) is 24.0 Å². The van der Waals surface area contributed by atoms with Crippen LogP contribution in [0.4, 0.5) is 10.1 Å². The van der Waals surface area contributed by atoms with Crippen LogP contribution in [0.2, 0.25) is 5.02 Å². The largest absolute Gasteiger partial charge is 0.481 e. The van der Waals surface area contributed by atoms with E-state index in [9.17, 15) is 27.9 Å². The van der Waals surface area contributed by atoms with Crippen molar-refractivity contribution >= 4 is 55.7 Å². The number of sulfone groups is 1. The Morgan fingerprint density at radius 3 is 2.50 bits per heavy atom. The van der Waals surface area contributed by atoms with E-state index in [-0.39, 0.29) is 22.0 Å². The van der Waals surface area contributed by atoms with Gasteiger partial charge in [0.15, 0.2) is 21.3 Å². The van der Waals surface area contributed by atoms with Crippen molar-refractivity contribution in [2.24, 2.45) is 13.0 Å². The number of amides is 1. The standard InChI is InChI=1S/C30H34ClFN4O7S/c1-35-26-7-3-2-6-22(26)27(34-35)28(38)33-25-16-24(32)19(15-23(25)31)14-20(37)17-44(41,42)30(36-12-4-5-13-36)43-21-10-8-18(9-11-21)29(39)40/h2-3,6-7,15-16,18,21,30H,4-5,8-14,17H2,1H3,(H,33,38)(H,39,40). The van der Waals surface area contributed by atoms with Crippen LogP contribution in [0.25, 0.3) is 10.9 Å². The van der Waals surface area contributed by atoms with E-state index in [1.807, 2.05) is 12.1 Å². The monoisotopic (exact) mass is 648 g/mol. The number of ether oxygens (including phenoxy) is 1. The van der Waals surface area contributed by atoms with E-state index in [1.165, 1.54) is 6.07 Å². The molecule has 5 rings (SSSR count). The summed E-state index contributed by atoms with van der Waals surface area (Å²) in [4.78, 5) is 38.9. The Labute approximate surface area is 259 Å². The minimum Gasteiger partial charge on any atom is -0.481 e. The first-order valence-electron chi connectivity index (χ1n) is 14.5. The van der Waals surface area contributed by atoms with Gasteiger partial charge in [-0.15, -0.1) is 0 Å². The van der Waals surface area contributed by atoms with Gasteiger partial charge in [0.1, 0.15) is 11.6 Å². The average Bonchev–Trinajstić information content (AvgIpc) is 3.62. The van der Waals surface area contributed by atoms with Gasteiger partial charge < -0.3 is 15.2 Å². The number of carbonyl (C=O) groups is 3. The van der Waals surface area contributed by atoms with Crippen LogP contribution in [0.3, 0.4) is 0 Å². The maximum absolute atomic E-state index is 15.1. The molecule has 1 aliphatic carbocycles. The molecule has 11 nitrogen and oxygen atoms in total. The lowest BCUT2D eigenvalue weighted by molar-refractivity contribution is -0.144. The van der Waals surface area contributed by atoms with Crippen LogP contribution in [0.15, 0.2) is 36.4 Å². The first kappa shape index (κ1) is 32.0. The molecule has 14 heteroatoms. The van der Waals surface area contributed by atoms with Crippen molar-refractivity contribution in [1.82, 2.24) is 14.7 Å². The first-order valence-corrected chi connectivity index (χ1v) is 16.6. The number of likely N-dealkylation sites (tertiary alicyclic amines) is 1. The molecular weight excluding hydrogens is 615 g/mol. The SMILES string of the molecule is Cn1nc(C(=O)Nc2cc(F)c(CC(=O)CS(=O)(=O)C(OC3CCC(C(=O)O)CC3)N3CCCC3)cc2Cl)c2ccccc21. The number of nitrogens with one attached hydrogen (secondary N) is 1. The highest BCUT2D eigenvalue weighted by Crippen LogP contribution is 2.31. The number of aliphatic carboxylic acids is 1. The molecule has 1 atom stereocenters. The summed E-state index contributed by atoms with van der Waals surface area (Å²) in [5.74, 6) is -4.37. The van der Waals surface area contributed by atoms with Gasteiger partial charge in [-0.05, 0) is 62.3 Å². The average molecular weight is 649 g/mol. The van der Waals surface area contributed by atoms with E-state index in [2.05, 4.69) is 10.4 Å². The summed E-state index contributed by atoms with van der Waals surface area (Å²) in [6.07, 6.45) is 2.21. The van der Waals surface area contributed by atoms with Gasteiger partial charge in [0.05, 0.1) is 28.2 Å². The van der Waals surface area contributed by atoms with Crippen LogP contribution in [-0.4, -0.2) is 76.4 Å². The summed E-state index contributed by atoms with van der Waals surface area (Å²) < 4.78 is 49.6. The fraction of sp³-hybridized carbons (Fsp3) is 0.467. The second-order valence-electron chi connectivity index (χ2n) is 11.4. The number of rotatable bonds is 11. The molecule has 1 saturated carbocycles. The third kappa shape index (κ3) is 7.12. The molecule has 1 amide bonds. The van der Waals surface area contributed by atoms with Crippen molar-refractivity contribution < 1.29 is 37.0 Å². The van der Waals surface area contributed by atoms with Crippen LogP contribution in [0, 0.1) is 11.7 Å². The van der Waals surface area contributed by atoms with Crippen LogP contribution in [-0.2, 0) is 37.6 Å². The molecule has 236 valence electrons. The highest BCUT2D eigenvalue weighted by Gasteiger charge is 2.39.